The summed E-state index contributed by atoms with van der Waals surface area (Å²) in [6, 6.07) is 1.10. The zero-order chi connectivity index (χ0) is 22.8. The number of nitrogens with one attached hydrogen (secondary N) is 1. The normalized spacial score (nSPS) is 20.1. The molecule has 0 bridgehead atoms. The molecular weight excluding hydrogens is 439 g/mol. The van der Waals surface area contributed by atoms with Crippen LogP contribution in [0.2, 0.25) is 0 Å². The first kappa shape index (κ1) is 22.6. The van der Waals surface area contributed by atoms with Crippen LogP contribution in [0.5, 0.6) is 0 Å². The van der Waals surface area contributed by atoms with Crippen molar-refractivity contribution in [1.29, 1.82) is 0 Å². The van der Waals surface area contributed by atoms with E-state index in [1.54, 1.807) is 0 Å². The van der Waals surface area contributed by atoms with Crippen LogP contribution in [0.3, 0.4) is 0 Å². The molecule has 31 heavy (non-hydrogen) atoms. The van der Waals surface area contributed by atoms with Gasteiger partial charge in [-0.25, -0.2) is 13.7 Å². The molecule has 5 N–H and O–H groups in total. The van der Waals surface area contributed by atoms with Crippen molar-refractivity contribution in [2.24, 2.45) is 9.50 Å². The first-order valence-corrected chi connectivity index (χ1v) is 12.7. The van der Waals surface area contributed by atoms with E-state index < -0.39 is 27.7 Å². The average Bonchev–Trinajstić information content (AvgIpc) is 3.32. The van der Waals surface area contributed by atoms with Gasteiger partial charge in [0.15, 0.2) is 19.9 Å². The standard InChI is InChI=1S/C21H29FN4O3S2/c1-20(2)9-8-12-16(11-6-5-7-14(11)24-17(12)20)25-19(27)26-31(23,29)18-13(22)10-15(30-18)21(3,4)28/h10,19,27-28H,5-9H2,1-4H3,(H,24,25)(H2,23,26,29). The molecule has 0 spiro atoms. The molecule has 0 radical (unpaired) electrons. The number of fused-ring (bicyclic) bond motifs is 2. The number of aryl methyl sites for hydroxylation is 1. The summed E-state index contributed by atoms with van der Waals surface area (Å²) in [5.41, 5.74) is 3.59. The number of hydrogen-bond acceptors (Lipinski definition) is 7. The molecule has 2 heterocycles. The summed E-state index contributed by atoms with van der Waals surface area (Å²) in [6.45, 7) is 7.31. The smallest absolute Gasteiger partial charge is 0.233 e. The summed E-state index contributed by atoms with van der Waals surface area (Å²) in [7, 11) is -3.72. The zero-order valence-electron chi connectivity index (χ0n) is 18.2. The van der Waals surface area contributed by atoms with E-state index in [-0.39, 0.29) is 14.5 Å². The fourth-order valence-corrected chi connectivity index (χ4v) is 6.79. The number of nitrogens with zero attached hydrogens (tertiary/aromatic N) is 2. The Morgan fingerprint density at radius 3 is 2.71 bits per heavy atom. The minimum atomic E-state index is -3.72. The van der Waals surface area contributed by atoms with Crippen molar-refractivity contribution in [2.45, 2.75) is 81.4 Å². The van der Waals surface area contributed by atoms with Crippen molar-refractivity contribution in [3.8, 4) is 0 Å². The van der Waals surface area contributed by atoms with Gasteiger partial charge >= 0.3 is 0 Å². The van der Waals surface area contributed by atoms with Crippen LogP contribution < -0.4 is 10.5 Å². The van der Waals surface area contributed by atoms with Crippen molar-refractivity contribution in [3.05, 3.63) is 39.3 Å². The Morgan fingerprint density at radius 2 is 2.06 bits per heavy atom. The van der Waals surface area contributed by atoms with Crippen LogP contribution in [0.1, 0.15) is 67.9 Å². The molecule has 2 aromatic rings. The van der Waals surface area contributed by atoms with Crippen molar-refractivity contribution in [2.75, 3.05) is 5.32 Å². The highest BCUT2D eigenvalue weighted by Gasteiger charge is 2.36. The second-order valence-corrected chi connectivity index (χ2v) is 12.5. The van der Waals surface area contributed by atoms with Crippen LogP contribution in [0, 0.1) is 5.82 Å². The molecule has 2 aliphatic rings. The molecule has 0 aliphatic heterocycles. The molecule has 2 atom stereocenters. The summed E-state index contributed by atoms with van der Waals surface area (Å²) < 4.78 is 31.0. The van der Waals surface area contributed by atoms with Gasteiger partial charge in [-0.05, 0) is 63.1 Å². The SMILES string of the molecule is CC(C)(O)c1cc(F)c(S(N)(=O)=NC(O)Nc2c3c(nc4c2CCC4(C)C)CCC3)s1. The zero-order valence-corrected chi connectivity index (χ0v) is 19.8. The Balaban J connectivity index is 1.70. The number of anilines is 1. The molecule has 10 heteroatoms. The molecule has 0 aromatic carbocycles. The van der Waals surface area contributed by atoms with Crippen LogP contribution in [0.25, 0.3) is 0 Å². The van der Waals surface area contributed by atoms with Gasteiger partial charge in [0.05, 0.1) is 11.3 Å². The third kappa shape index (κ3) is 4.11. The van der Waals surface area contributed by atoms with E-state index in [4.69, 9.17) is 10.1 Å². The largest absolute Gasteiger partial charge is 0.385 e. The van der Waals surface area contributed by atoms with Gasteiger partial charge in [0.1, 0.15) is 0 Å². The van der Waals surface area contributed by atoms with Crippen LogP contribution in [-0.2, 0) is 40.2 Å². The van der Waals surface area contributed by atoms with Gasteiger partial charge in [0.2, 0.25) is 6.35 Å². The summed E-state index contributed by atoms with van der Waals surface area (Å²) in [6.07, 6.45) is 2.91. The summed E-state index contributed by atoms with van der Waals surface area (Å²) in [5.74, 6) is -0.807. The van der Waals surface area contributed by atoms with Crippen molar-refractivity contribution in [3.63, 3.8) is 0 Å². The van der Waals surface area contributed by atoms with Crippen molar-refractivity contribution >= 4 is 26.9 Å². The summed E-state index contributed by atoms with van der Waals surface area (Å²) in [4.78, 5) is 5.19. The minimum Gasteiger partial charge on any atom is -0.385 e. The second kappa shape index (κ2) is 7.48. The fourth-order valence-electron chi connectivity index (χ4n) is 4.36. The number of pyridine rings is 1. The predicted octanol–water partition coefficient (Wildman–Crippen LogP) is 3.31. The Labute approximate surface area is 186 Å². The van der Waals surface area contributed by atoms with Gasteiger partial charge in [-0.2, -0.15) is 4.36 Å². The lowest BCUT2D eigenvalue weighted by Crippen LogP contribution is -2.24. The Morgan fingerprint density at radius 1 is 1.35 bits per heavy atom. The Kier molecular flexibility index (Phi) is 5.45. The maximum Gasteiger partial charge on any atom is 0.233 e. The molecule has 2 aliphatic carbocycles. The van der Waals surface area contributed by atoms with Gasteiger partial charge in [0.25, 0.3) is 0 Å². The monoisotopic (exact) mass is 468 g/mol. The molecule has 170 valence electrons. The van der Waals surface area contributed by atoms with Gasteiger partial charge < -0.3 is 15.5 Å². The Hall–Kier alpha value is -1.59. The summed E-state index contributed by atoms with van der Waals surface area (Å²) in [5, 5.41) is 29.6. The summed E-state index contributed by atoms with van der Waals surface area (Å²) >= 11 is 0.794. The van der Waals surface area contributed by atoms with Crippen LogP contribution >= 0.6 is 11.3 Å². The molecule has 2 aromatic heterocycles. The highest BCUT2D eigenvalue weighted by Crippen LogP contribution is 2.44. The second-order valence-electron chi connectivity index (χ2n) is 9.47. The number of hydrogen-bond donors (Lipinski definition) is 4. The number of aliphatic hydroxyl groups excluding tert-OH is 1. The topological polar surface area (TPSA) is 121 Å². The maximum atomic E-state index is 14.4. The fraction of sp³-hybridized carbons (Fsp3) is 0.571. The molecule has 0 saturated heterocycles. The number of rotatable bonds is 5. The lowest BCUT2D eigenvalue weighted by molar-refractivity contribution is 0.0823. The van der Waals surface area contributed by atoms with E-state index >= 15 is 0 Å². The molecule has 0 saturated carbocycles. The predicted molar refractivity (Wildman–Crippen MR) is 120 cm³/mol. The number of nitrogens with two attached hydrogens (primary N) is 1. The van der Waals surface area contributed by atoms with Gasteiger partial charge in [-0.1, -0.05) is 13.8 Å². The number of aliphatic hydroxyl groups is 2. The molecule has 0 fully saturated rings. The lowest BCUT2D eigenvalue weighted by Gasteiger charge is -2.22. The van der Waals surface area contributed by atoms with Gasteiger partial charge in [-0.3, -0.25) is 4.98 Å². The van der Waals surface area contributed by atoms with E-state index in [2.05, 4.69) is 23.5 Å². The maximum absolute atomic E-state index is 14.4. The number of halogens is 1. The molecule has 2 unspecified atom stereocenters. The quantitative estimate of drug-likeness (QED) is 0.502. The van der Waals surface area contributed by atoms with E-state index in [1.165, 1.54) is 13.8 Å². The molecular formula is C21H29FN4O3S2. The van der Waals surface area contributed by atoms with Crippen LogP contribution in [-0.4, -0.2) is 25.8 Å². The van der Waals surface area contributed by atoms with Gasteiger partial charge in [0, 0.05) is 21.7 Å². The Bertz CT molecular complexity index is 1160. The van der Waals surface area contributed by atoms with E-state index in [1.807, 2.05) is 0 Å². The van der Waals surface area contributed by atoms with Crippen molar-refractivity contribution in [1.82, 2.24) is 4.98 Å². The average molecular weight is 469 g/mol. The third-order valence-electron chi connectivity index (χ3n) is 6.02. The number of aromatic nitrogens is 1. The van der Waals surface area contributed by atoms with Crippen molar-refractivity contribution < 1.29 is 18.8 Å². The number of thiophene rings is 1. The van der Waals surface area contributed by atoms with E-state index in [0.717, 1.165) is 77.7 Å². The highest BCUT2D eigenvalue weighted by atomic mass is 32.2. The van der Waals surface area contributed by atoms with Gasteiger partial charge in [-0.15, -0.1) is 11.3 Å². The molecule has 4 rings (SSSR count). The highest BCUT2D eigenvalue weighted by molar-refractivity contribution is 7.93. The third-order valence-corrected chi connectivity index (χ3v) is 9.44. The van der Waals surface area contributed by atoms with Crippen LogP contribution in [0.15, 0.2) is 14.6 Å². The minimum absolute atomic E-state index is 0.0551. The van der Waals surface area contributed by atoms with E-state index in [9.17, 15) is 18.8 Å². The molecule has 0 amide bonds. The lowest BCUT2D eigenvalue weighted by atomic mass is 9.90. The van der Waals surface area contributed by atoms with Crippen LogP contribution in [0.4, 0.5) is 10.1 Å². The molecule has 7 nitrogen and oxygen atoms in total. The first-order valence-electron chi connectivity index (χ1n) is 10.4. The first-order chi connectivity index (χ1) is 14.3. The van der Waals surface area contributed by atoms with E-state index in [0.29, 0.717) is 0 Å².